The Morgan fingerprint density at radius 1 is 1.03 bits per heavy atom. The Labute approximate surface area is 185 Å². The fourth-order valence-corrected chi connectivity index (χ4v) is 3.53. The molecule has 3 aromatic carbocycles. The number of methoxy groups -OCH3 is 1. The van der Waals surface area contributed by atoms with Gasteiger partial charge in [-0.1, -0.05) is 36.4 Å². The molecule has 0 aliphatic heterocycles. The maximum absolute atomic E-state index is 13.0. The van der Waals surface area contributed by atoms with Crippen molar-refractivity contribution in [1.82, 2.24) is 20.6 Å². The van der Waals surface area contributed by atoms with Crippen molar-refractivity contribution in [2.45, 2.75) is 18.9 Å². The predicted molar refractivity (Wildman–Crippen MR) is 122 cm³/mol. The van der Waals surface area contributed by atoms with E-state index in [4.69, 9.17) is 4.74 Å². The number of nitrogens with one attached hydrogen (secondary N) is 3. The number of imidazole rings is 1. The van der Waals surface area contributed by atoms with Crippen molar-refractivity contribution in [3.05, 3.63) is 95.6 Å². The summed E-state index contributed by atoms with van der Waals surface area (Å²) in [6.45, 7) is 0.437. The zero-order chi connectivity index (χ0) is 22.3. The Morgan fingerprint density at radius 2 is 1.75 bits per heavy atom. The van der Waals surface area contributed by atoms with Gasteiger partial charge in [-0.05, 0) is 60.4 Å². The molecule has 4 rings (SSSR count). The Balaban J connectivity index is 1.45. The average molecular weight is 432 g/mol. The second kappa shape index (κ2) is 9.96. The van der Waals surface area contributed by atoms with Crippen LogP contribution in [0, 0.1) is 5.82 Å². The van der Waals surface area contributed by atoms with Crippen LogP contribution < -0.4 is 15.4 Å². The first kappa shape index (κ1) is 21.4. The second-order valence-corrected chi connectivity index (χ2v) is 7.52. The number of ether oxygens (including phenoxy) is 1. The van der Waals surface area contributed by atoms with Crippen molar-refractivity contribution < 1.29 is 13.9 Å². The highest BCUT2D eigenvalue weighted by molar-refractivity contribution is 5.76. The van der Waals surface area contributed by atoms with Gasteiger partial charge in [0.15, 0.2) is 0 Å². The number of halogens is 1. The maximum atomic E-state index is 13.0. The van der Waals surface area contributed by atoms with Crippen LogP contribution >= 0.6 is 0 Å². The van der Waals surface area contributed by atoms with E-state index in [9.17, 15) is 9.18 Å². The van der Waals surface area contributed by atoms with Crippen LogP contribution in [-0.4, -0.2) is 29.7 Å². The molecule has 6 nitrogen and oxygen atoms in total. The van der Waals surface area contributed by atoms with Crippen molar-refractivity contribution in [1.29, 1.82) is 0 Å². The van der Waals surface area contributed by atoms with E-state index in [2.05, 4.69) is 20.6 Å². The number of H-pyrrole nitrogens is 1. The highest BCUT2D eigenvalue weighted by Gasteiger charge is 2.19. The van der Waals surface area contributed by atoms with Crippen LogP contribution in [0.2, 0.25) is 0 Å². The minimum Gasteiger partial charge on any atom is -0.497 e. The van der Waals surface area contributed by atoms with Gasteiger partial charge in [0, 0.05) is 6.54 Å². The molecule has 4 aromatic rings. The highest BCUT2D eigenvalue weighted by atomic mass is 19.1. The zero-order valence-corrected chi connectivity index (χ0v) is 17.8. The van der Waals surface area contributed by atoms with E-state index in [1.165, 1.54) is 12.1 Å². The van der Waals surface area contributed by atoms with Gasteiger partial charge in [-0.3, -0.25) is 0 Å². The van der Waals surface area contributed by atoms with Gasteiger partial charge in [0.05, 0.1) is 24.2 Å². The van der Waals surface area contributed by atoms with Crippen LogP contribution in [0.5, 0.6) is 5.75 Å². The minimum atomic E-state index is -0.346. The summed E-state index contributed by atoms with van der Waals surface area (Å²) in [4.78, 5) is 20.6. The van der Waals surface area contributed by atoms with Gasteiger partial charge in [0.1, 0.15) is 17.4 Å². The monoisotopic (exact) mass is 432 g/mol. The lowest BCUT2D eigenvalue weighted by molar-refractivity contribution is 0.236. The number of urea groups is 1. The van der Waals surface area contributed by atoms with E-state index in [-0.39, 0.29) is 17.9 Å². The van der Waals surface area contributed by atoms with Gasteiger partial charge < -0.3 is 20.4 Å². The van der Waals surface area contributed by atoms with Crippen LogP contribution in [0.1, 0.15) is 23.0 Å². The molecule has 164 valence electrons. The molecule has 3 N–H and O–H groups in total. The molecule has 0 aliphatic carbocycles. The molecule has 1 atom stereocenters. The summed E-state index contributed by atoms with van der Waals surface area (Å²) in [6, 6.07) is 21.1. The Kier molecular flexibility index (Phi) is 6.65. The number of fused-ring (bicyclic) bond motifs is 1. The average Bonchev–Trinajstić information content (AvgIpc) is 3.25. The molecule has 1 aromatic heterocycles. The number of benzene rings is 3. The van der Waals surface area contributed by atoms with Crippen molar-refractivity contribution in [2.24, 2.45) is 0 Å². The standard InChI is InChI=1S/C25H25FN4O2/c1-32-20-12-8-18(9-13-20)16-23(24-28-21-4-2-3-5-22(21)29-24)30-25(31)27-15-14-17-6-10-19(26)11-7-17/h2-13,23H,14-16H2,1H3,(H,28,29)(H2,27,30,31). The molecule has 32 heavy (non-hydrogen) atoms. The van der Waals surface area contributed by atoms with E-state index in [1.807, 2.05) is 48.5 Å². The van der Waals surface area contributed by atoms with Crippen LogP contribution in [0.3, 0.4) is 0 Å². The lowest BCUT2D eigenvalue weighted by Crippen LogP contribution is -2.40. The first-order chi connectivity index (χ1) is 15.6. The smallest absolute Gasteiger partial charge is 0.315 e. The first-order valence-corrected chi connectivity index (χ1v) is 10.5. The van der Waals surface area contributed by atoms with E-state index in [1.54, 1.807) is 19.2 Å². The number of hydrogen-bond donors (Lipinski definition) is 3. The van der Waals surface area contributed by atoms with Crippen molar-refractivity contribution in [3.63, 3.8) is 0 Å². The van der Waals surface area contributed by atoms with Gasteiger partial charge in [-0.2, -0.15) is 0 Å². The molecule has 1 heterocycles. The highest BCUT2D eigenvalue weighted by Crippen LogP contribution is 2.21. The van der Waals surface area contributed by atoms with Gasteiger partial charge in [0.25, 0.3) is 0 Å². The summed E-state index contributed by atoms with van der Waals surface area (Å²) < 4.78 is 18.3. The van der Waals surface area contributed by atoms with Crippen molar-refractivity contribution in [2.75, 3.05) is 13.7 Å². The molecule has 0 fully saturated rings. The molecule has 0 saturated heterocycles. The van der Waals surface area contributed by atoms with Crippen LogP contribution in [-0.2, 0) is 12.8 Å². The molecular formula is C25H25FN4O2. The first-order valence-electron chi connectivity index (χ1n) is 10.5. The van der Waals surface area contributed by atoms with E-state index >= 15 is 0 Å². The summed E-state index contributed by atoms with van der Waals surface area (Å²) in [5.74, 6) is 1.20. The third kappa shape index (κ3) is 5.43. The quantitative estimate of drug-likeness (QED) is 0.383. The number of carbonyl (C=O) groups excluding carboxylic acids is 1. The summed E-state index contributed by atoms with van der Waals surface area (Å²) in [6.07, 6.45) is 1.18. The minimum absolute atomic E-state index is 0.272. The molecule has 0 spiro atoms. The number of carbonyl (C=O) groups is 1. The summed E-state index contributed by atoms with van der Waals surface area (Å²) in [7, 11) is 1.63. The number of nitrogens with zero attached hydrogens (tertiary/aromatic N) is 1. The van der Waals surface area contributed by atoms with E-state index < -0.39 is 0 Å². The maximum Gasteiger partial charge on any atom is 0.315 e. The Hall–Kier alpha value is -3.87. The Morgan fingerprint density at radius 3 is 2.47 bits per heavy atom. The van der Waals surface area contributed by atoms with E-state index in [0.717, 1.165) is 27.9 Å². The number of hydrogen-bond acceptors (Lipinski definition) is 3. The van der Waals surface area contributed by atoms with Crippen molar-refractivity contribution >= 4 is 17.1 Å². The SMILES string of the molecule is COc1ccc(CC(NC(=O)NCCc2ccc(F)cc2)c2nc3ccccc3[nH]2)cc1. The van der Waals surface area contributed by atoms with Crippen molar-refractivity contribution in [3.8, 4) is 5.75 Å². The number of para-hydroxylation sites is 2. The molecular weight excluding hydrogens is 407 g/mol. The fraction of sp³-hybridized carbons (Fsp3) is 0.200. The van der Waals surface area contributed by atoms with Crippen LogP contribution in [0.4, 0.5) is 9.18 Å². The normalized spacial score (nSPS) is 11.8. The largest absolute Gasteiger partial charge is 0.497 e. The van der Waals surface area contributed by atoms with Gasteiger partial charge >= 0.3 is 6.03 Å². The lowest BCUT2D eigenvalue weighted by Gasteiger charge is -2.18. The third-order valence-corrected chi connectivity index (χ3v) is 5.25. The number of aromatic amines is 1. The topological polar surface area (TPSA) is 79.0 Å². The predicted octanol–water partition coefficient (Wildman–Crippen LogP) is 4.54. The summed E-state index contributed by atoms with van der Waals surface area (Å²) in [5.41, 5.74) is 3.77. The zero-order valence-electron chi connectivity index (χ0n) is 17.8. The number of rotatable bonds is 8. The molecule has 0 bridgehead atoms. The molecule has 0 radical (unpaired) electrons. The molecule has 0 saturated carbocycles. The molecule has 0 aliphatic rings. The molecule has 2 amide bonds. The summed E-state index contributed by atoms with van der Waals surface area (Å²) in [5, 5.41) is 5.91. The van der Waals surface area contributed by atoms with Crippen LogP contribution in [0.15, 0.2) is 72.8 Å². The Bertz CT molecular complexity index is 1140. The molecule has 1 unspecified atom stereocenters. The van der Waals surface area contributed by atoms with Gasteiger partial charge in [-0.15, -0.1) is 0 Å². The summed E-state index contributed by atoms with van der Waals surface area (Å²) >= 11 is 0. The number of amides is 2. The van der Waals surface area contributed by atoms with E-state index in [0.29, 0.717) is 25.2 Å². The number of aromatic nitrogens is 2. The molecule has 7 heteroatoms. The van der Waals surface area contributed by atoms with Gasteiger partial charge in [-0.25, -0.2) is 14.2 Å². The van der Waals surface area contributed by atoms with Crippen LogP contribution in [0.25, 0.3) is 11.0 Å². The fourth-order valence-electron chi connectivity index (χ4n) is 3.53. The van der Waals surface area contributed by atoms with Gasteiger partial charge in [0.2, 0.25) is 0 Å². The second-order valence-electron chi connectivity index (χ2n) is 7.52. The third-order valence-electron chi connectivity index (χ3n) is 5.25. The lowest BCUT2D eigenvalue weighted by atomic mass is 10.1.